The number of aryl methyl sites for hydroxylation is 1. The van der Waals surface area contributed by atoms with Crippen LogP contribution in [0.4, 0.5) is 0 Å². The fraction of sp³-hybridized carbons (Fsp3) is 0.133. The number of carbonyl (C=O) groups excluding carboxylic acids is 1. The van der Waals surface area contributed by atoms with Gasteiger partial charge < -0.3 is 0 Å². The maximum absolute atomic E-state index is 11.9. The molecule has 0 atom stereocenters. The Kier molecular flexibility index (Phi) is 4.70. The maximum atomic E-state index is 11.9. The Balaban J connectivity index is 2.05. The monoisotopic (exact) mass is 285 g/mol. The molecule has 0 unspecified atom stereocenters. The first-order chi connectivity index (χ1) is 9.72. The molecule has 1 aromatic heterocycles. The van der Waals surface area contributed by atoms with Gasteiger partial charge in [-0.2, -0.15) is 10.4 Å². The van der Waals surface area contributed by atoms with Crippen LogP contribution in [0, 0.1) is 11.3 Å². The Morgan fingerprint density at radius 2 is 2.15 bits per heavy atom. The van der Waals surface area contributed by atoms with Crippen molar-refractivity contribution in [3.63, 3.8) is 0 Å². The fourth-order valence-electron chi connectivity index (χ4n) is 1.65. The Hall–Kier alpha value is -2.38. The van der Waals surface area contributed by atoms with Gasteiger partial charge in [0.2, 0.25) is 0 Å². The van der Waals surface area contributed by atoms with E-state index >= 15 is 0 Å². The molecular formula is C15H12ClN3O. The van der Waals surface area contributed by atoms with Crippen molar-refractivity contribution in [3.8, 4) is 6.07 Å². The second-order valence-electron chi connectivity index (χ2n) is 4.11. The molecule has 0 aliphatic carbocycles. The molecule has 0 radical (unpaired) electrons. The van der Waals surface area contributed by atoms with Crippen molar-refractivity contribution in [1.29, 1.82) is 5.26 Å². The third kappa shape index (κ3) is 3.56. The van der Waals surface area contributed by atoms with Crippen molar-refractivity contribution in [1.82, 2.24) is 9.78 Å². The zero-order valence-corrected chi connectivity index (χ0v) is 11.4. The largest absolute Gasteiger partial charge is 0.289 e. The minimum absolute atomic E-state index is 0.111. The topological polar surface area (TPSA) is 58.7 Å². The van der Waals surface area contributed by atoms with Crippen LogP contribution in [0.1, 0.15) is 21.5 Å². The highest BCUT2D eigenvalue weighted by atomic mass is 35.5. The van der Waals surface area contributed by atoms with Crippen LogP contribution in [0.15, 0.2) is 42.7 Å². The molecule has 0 bridgehead atoms. The summed E-state index contributed by atoms with van der Waals surface area (Å²) < 4.78 is 1.72. The van der Waals surface area contributed by atoms with Gasteiger partial charge in [-0.1, -0.05) is 0 Å². The Bertz CT molecular complexity index is 665. The molecule has 2 aromatic rings. The van der Waals surface area contributed by atoms with E-state index in [2.05, 4.69) is 5.10 Å². The van der Waals surface area contributed by atoms with Crippen molar-refractivity contribution in [2.24, 2.45) is 0 Å². The molecule has 0 amide bonds. The van der Waals surface area contributed by atoms with Gasteiger partial charge in [0.25, 0.3) is 0 Å². The van der Waals surface area contributed by atoms with Crippen molar-refractivity contribution in [2.45, 2.75) is 6.54 Å². The number of nitrogens with zero attached hydrogens (tertiary/aromatic N) is 3. The molecule has 0 fully saturated rings. The molecule has 20 heavy (non-hydrogen) atoms. The fourth-order valence-corrected chi connectivity index (χ4v) is 1.82. The number of benzene rings is 1. The van der Waals surface area contributed by atoms with Crippen LogP contribution in [0.5, 0.6) is 0 Å². The minimum atomic E-state index is -0.111. The quantitative estimate of drug-likeness (QED) is 0.482. The average molecular weight is 286 g/mol. The molecule has 5 heteroatoms. The van der Waals surface area contributed by atoms with Crippen LogP contribution in [0.25, 0.3) is 6.08 Å². The molecule has 2 rings (SSSR count). The third-order valence-corrected chi connectivity index (χ3v) is 2.86. The summed E-state index contributed by atoms with van der Waals surface area (Å²) in [6.07, 6.45) is 6.70. The van der Waals surface area contributed by atoms with Crippen molar-refractivity contribution < 1.29 is 4.79 Å². The zero-order chi connectivity index (χ0) is 14.4. The molecule has 0 N–H and O–H groups in total. The van der Waals surface area contributed by atoms with E-state index in [4.69, 9.17) is 16.9 Å². The van der Waals surface area contributed by atoms with Crippen molar-refractivity contribution in [2.75, 3.05) is 5.88 Å². The summed E-state index contributed by atoms with van der Waals surface area (Å²) in [4.78, 5) is 11.9. The van der Waals surface area contributed by atoms with Crippen molar-refractivity contribution >= 4 is 23.5 Å². The van der Waals surface area contributed by atoms with E-state index in [-0.39, 0.29) is 5.78 Å². The molecule has 4 nitrogen and oxygen atoms in total. The number of allylic oxidation sites excluding steroid dienone is 1. The van der Waals surface area contributed by atoms with Gasteiger partial charge in [0, 0.05) is 23.2 Å². The van der Waals surface area contributed by atoms with Gasteiger partial charge in [-0.3, -0.25) is 9.48 Å². The van der Waals surface area contributed by atoms with Crippen LogP contribution in [-0.4, -0.2) is 21.4 Å². The van der Waals surface area contributed by atoms with Gasteiger partial charge in [-0.25, -0.2) is 0 Å². The summed E-state index contributed by atoms with van der Waals surface area (Å²) in [5, 5.41) is 12.8. The molecule has 100 valence electrons. The first-order valence-electron chi connectivity index (χ1n) is 6.04. The highest BCUT2D eigenvalue weighted by Crippen LogP contribution is 2.07. The van der Waals surface area contributed by atoms with Gasteiger partial charge in [-0.05, 0) is 36.4 Å². The number of hydrogen-bond donors (Lipinski definition) is 0. The summed E-state index contributed by atoms with van der Waals surface area (Å²) in [5.74, 6) is 0.384. The Morgan fingerprint density at radius 3 is 2.80 bits per heavy atom. The summed E-state index contributed by atoms with van der Waals surface area (Å²) in [6, 6.07) is 8.55. The lowest BCUT2D eigenvalue weighted by atomic mass is 10.1. The van der Waals surface area contributed by atoms with E-state index in [9.17, 15) is 4.79 Å². The van der Waals surface area contributed by atoms with Gasteiger partial charge in [-0.15, -0.1) is 11.6 Å². The summed E-state index contributed by atoms with van der Waals surface area (Å²) in [7, 11) is 0. The van der Waals surface area contributed by atoms with E-state index < -0.39 is 0 Å². The number of hydrogen-bond acceptors (Lipinski definition) is 3. The number of alkyl halides is 1. The Labute approximate surface area is 121 Å². The SMILES string of the molecule is N#Cc1ccc(C(=O)/C=C/c2cnn(CCCl)c2)cc1. The number of rotatable bonds is 5. The predicted octanol–water partition coefficient (Wildman–Crippen LogP) is 2.89. The lowest BCUT2D eigenvalue weighted by Crippen LogP contribution is -1.98. The highest BCUT2D eigenvalue weighted by Gasteiger charge is 2.02. The van der Waals surface area contributed by atoms with Crippen LogP contribution < -0.4 is 0 Å². The zero-order valence-electron chi connectivity index (χ0n) is 10.7. The standard InChI is InChI=1S/C15H12ClN3O/c16-7-8-19-11-13(10-18-19)3-6-15(20)14-4-1-12(9-17)2-5-14/h1-6,10-11H,7-8H2/b6-3+. The maximum Gasteiger partial charge on any atom is 0.185 e. The molecule has 0 saturated heterocycles. The average Bonchev–Trinajstić information content (AvgIpc) is 2.93. The van der Waals surface area contributed by atoms with Gasteiger partial charge in [0.15, 0.2) is 5.78 Å². The van der Waals surface area contributed by atoms with E-state index in [1.54, 1.807) is 41.2 Å². The first-order valence-corrected chi connectivity index (χ1v) is 6.57. The van der Waals surface area contributed by atoms with E-state index in [1.807, 2.05) is 12.3 Å². The van der Waals surface area contributed by atoms with Crippen LogP contribution in [0.3, 0.4) is 0 Å². The minimum Gasteiger partial charge on any atom is -0.289 e. The molecule has 1 heterocycles. The molecular weight excluding hydrogens is 274 g/mol. The second-order valence-corrected chi connectivity index (χ2v) is 4.49. The van der Waals surface area contributed by atoms with Gasteiger partial charge in [0.1, 0.15) is 0 Å². The molecule has 0 aliphatic rings. The van der Waals surface area contributed by atoms with Crippen LogP contribution >= 0.6 is 11.6 Å². The normalized spacial score (nSPS) is 10.6. The molecule has 0 spiro atoms. The summed E-state index contributed by atoms with van der Waals surface area (Å²) >= 11 is 5.62. The third-order valence-electron chi connectivity index (χ3n) is 2.69. The number of ketones is 1. The second kappa shape index (κ2) is 6.69. The molecule has 0 aliphatic heterocycles. The van der Waals surface area contributed by atoms with Crippen LogP contribution in [-0.2, 0) is 6.54 Å². The number of nitriles is 1. The number of carbonyl (C=O) groups is 1. The van der Waals surface area contributed by atoms with Crippen molar-refractivity contribution in [3.05, 3.63) is 59.4 Å². The van der Waals surface area contributed by atoms with Gasteiger partial charge in [0.05, 0.1) is 24.4 Å². The first kappa shape index (κ1) is 14.0. The van der Waals surface area contributed by atoms with Gasteiger partial charge >= 0.3 is 0 Å². The number of aromatic nitrogens is 2. The highest BCUT2D eigenvalue weighted by molar-refractivity contribution is 6.17. The predicted molar refractivity (Wildman–Crippen MR) is 77.5 cm³/mol. The Morgan fingerprint density at radius 1 is 1.40 bits per heavy atom. The van der Waals surface area contributed by atoms with Crippen LogP contribution in [0.2, 0.25) is 0 Å². The lowest BCUT2D eigenvalue weighted by Gasteiger charge is -1.95. The summed E-state index contributed by atoms with van der Waals surface area (Å²) in [6.45, 7) is 0.638. The van der Waals surface area contributed by atoms with E-state index in [0.29, 0.717) is 23.6 Å². The van der Waals surface area contributed by atoms with E-state index in [0.717, 1.165) is 5.56 Å². The molecule has 1 aromatic carbocycles. The lowest BCUT2D eigenvalue weighted by molar-refractivity contribution is 0.104. The smallest absolute Gasteiger partial charge is 0.185 e. The summed E-state index contributed by atoms with van der Waals surface area (Å²) in [5.41, 5.74) is 1.93. The number of halogens is 1. The van der Waals surface area contributed by atoms with E-state index in [1.165, 1.54) is 6.08 Å². The molecule has 0 saturated carbocycles.